The van der Waals surface area contributed by atoms with Crippen LogP contribution < -0.4 is 26.7 Å². The number of nitrogens with two attached hydrogens (primary N) is 1. The summed E-state index contributed by atoms with van der Waals surface area (Å²) in [6.07, 6.45) is 16.9. The van der Waals surface area contributed by atoms with Gasteiger partial charge in [-0.3, -0.25) is 14.4 Å². The van der Waals surface area contributed by atoms with Crippen LogP contribution in [0.5, 0.6) is 0 Å². The normalized spacial score (nSPS) is 31.6. The van der Waals surface area contributed by atoms with Gasteiger partial charge in [0.2, 0.25) is 17.7 Å². The molecule has 3 aromatic rings. The quantitative estimate of drug-likeness (QED) is 0.113. The highest BCUT2D eigenvalue weighted by molar-refractivity contribution is 6.99. The number of hydrogen-bond acceptors (Lipinski definition) is 7. The van der Waals surface area contributed by atoms with Crippen LogP contribution in [0.4, 0.5) is 0 Å². The fraction of sp³-hybridized carbons (Fsp3) is 0.673. The molecule has 0 bridgehead atoms. The third-order valence-corrected chi connectivity index (χ3v) is 23.5. The molecule has 11 nitrogen and oxygen atoms in total. The van der Waals surface area contributed by atoms with Crippen LogP contribution in [0.3, 0.4) is 0 Å². The molecule has 8 rings (SSSR count). The molecule has 366 valence electrons. The zero-order valence-corrected chi connectivity index (χ0v) is 43.1. The van der Waals surface area contributed by atoms with Crippen molar-refractivity contribution in [2.24, 2.45) is 52.1 Å². The van der Waals surface area contributed by atoms with Gasteiger partial charge in [0.25, 0.3) is 8.32 Å². The molecular formula is C55H83N7O4Si. The van der Waals surface area contributed by atoms with Crippen LogP contribution >= 0.6 is 0 Å². The molecule has 5 unspecified atom stereocenters. The smallest absolute Gasteiger partial charge is 0.261 e. The second-order valence-corrected chi connectivity index (χ2v) is 27.8. The van der Waals surface area contributed by atoms with Crippen LogP contribution in [-0.4, -0.2) is 104 Å². The molecule has 1 aromatic heterocycles. The fourth-order valence-corrected chi connectivity index (χ4v) is 19.7. The number of aromatic amines is 1. The van der Waals surface area contributed by atoms with Gasteiger partial charge in [-0.05, 0) is 146 Å². The number of hydrogen-bond donors (Lipinski definition) is 4. The molecule has 5 N–H and O–H groups in total. The van der Waals surface area contributed by atoms with Crippen molar-refractivity contribution in [3.05, 3.63) is 78.9 Å². The lowest BCUT2D eigenvalue weighted by atomic mass is 9.44. The number of amides is 3. The molecule has 4 saturated carbocycles. The van der Waals surface area contributed by atoms with E-state index in [9.17, 15) is 14.4 Å². The number of carbonyl (C=O) groups is 3. The number of likely N-dealkylation sites (N-methyl/N-ethyl adjacent to an activating group) is 1. The second kappa shape index (κ2) is 20.2. The van der Waals surface area contributed by atoms with E-state index in [0.717, 1.165) is 30.6 Å². The highest BCUT2D eigenvalue weighted by Crippen LogP contribution is 2.68. The van der Waals surface area contributed by atoms with E-state index in [-0.39, 0.29) is 47.9 Å². The minimum Gasteiger partial charge on any atom is -0.404 e. The van der Waals surface area contributed by atoms with Crippen LogP contribution in [0, 0.1) is 46.3 Å². The Morgan fingerprint density at radius 3 is 2.24 bits per heavy atom. The molecule has 0 radical (unpaired) electrons. The van der Waals surface area contributed by atoms with Crippen molar-refractivity contribution in [1.82, 2.24) is 30.4 Å². The Balaban J connectivity index is 0.872. The minimum atomic E-state index is -2.62. The maximum Gasteiger partial charge on any atom is 0.261 e. The number of nitrogens with zero attached hydrogens (tertiary/aromatic N) is 3. The van der Waals surface area contributed by atoms with Gasteiger partial charge >= 0.3 is 0 Å². The minimum absolute atomic E-state index is 0.00270. The zero-order chi connectivity index (χ0) is 47.7. The summed E-state index contributed by atoms with van der Waals surface area (Å²) >= 11 is 0. The van der Waals surface area contributed by atoms with Crippen molar-refractivity contribution < 1.29 is 18.8 Å². The molecule has 5 fully saturated rings. The summed E-state index contributed by atoms with van der Waals surface area (Å²) in [5, 5.41) is 8.98. The standard InChI is InChI=1S/C55H83N7O4Si/c1-37(19-24-50(63)60-40-33-49(51(64)58-29-30-61(7)8)62(35-40)52(65)48(56)32-39-34-57-36-59-39)45-22-23-46-44-21-20-38-31-41(25-27-54(38,5)47(44)26-28-55(45,46)6)66-67(53(2,3)4,42-15-11-9-12-16-42)43-17-13-10-14-18-43/h9-18,34,36-38,40-41,44-49H,19-33,35,56H2,1-8H3,(H,57,59)(H,58,64)(H,60,63)/t37-,38?,40+,41-,44?,45-,46?,47?,48?,49+,54+,55-/m1/s1. The molecule has 12 heteroatoms. The topological polar surface area (TPSA) is 146 Å². The average Bonchev–Trinajstić information content (AvgIpc) is 4.06. The molecule has 12 atom stereocenters. The van der Waals surface area contributed by atoms with E-state index in [1.165, 1.54) is 61.7 Å². The Morgan fingerprint density at radius 2 is 1.60 bits per heavy atom. The Bertz CT molecular complexity index is 2090. The predicted octanol–water partition coefficient (Wildman–Crippen LogP) is 7.06. The maximum absolute atomic E-state index is 13.7. The van der Waals surface area contributed by atoms with Gasteiger partial charge < -0.3 is 35.6 Å². The van der Waals surface area contributed by atoms with E-state index in [0.29, 0.717) is 60.2 Å². The molecule has 0 spiro atoms. The third-order valence-electron chi connectivity index (χ3n) is 18.4. The van der Waals surface area contributed by atoms with Crippen molar-refractivity contribution in [3.63, 3.8) is 0 Å². The van der Waals surface area contributed by atoms with Crippen LogP contribution in [0.2, 0.25) is 5.04 Å². The van der Waals surface area contributed by atoms with Crippen molar-refractivity contribution in [2.45, 2.75) is 154 Å². The number of likely N-dealkylation sites (tertiary alicyclic amines) is 1. The zero-order valence-electron chi connectivity index (χ0n) is 42.1. The predicted molar refractivity (Wildman–Crippen MR) is 270 cm³/mol. The number of nitrogens with one attached hydrogen (secondary N) is 3. The molecule has 2 heterocycles. The Morgan fingerprint density at radius 1 is 0.925 bits per heavy atom. The monoisotopic (exact) mass is 934 g/mol. The summed E-state index contributed by atoms with van der Waals surface area (Å²) in [6, 6.07) is 20.5. The first-order chi connectivity index (χ1) is 31.9. The van der Waals surface area contributed by atoms with E-state index in [1.807, 2.05) is 19.0 Å². The van der Waals surface area contributed by atoms with Crippen molar-refractivity contribution in [3.8, 4) is 0 Å². The van der Waals surface area contributed by atoms with Crippen molar-refractivity contribution in [2.75, 3.05) is 33.7 Å². The van der Waals surface area contributed by atoms with Gasteiger partial charge in [-0.25, -0.2) is 4.98 Å². The third kappa shape index (κ3) is 9.98. The summed E-state index contributed by atoms with van der Waals surface area (Å²) in [5.74, 6) is 3.55. The van der Waals surface area contributed by atoms with E-state index < -0.39 is 20.4 Å². The molecule has 1 aliphatic heterocycles. The molecule has 67 heavy (non-hydrogen) atoms. The Kier molecular flexibility index (Phi) is 15.0. The first kappa shape index (κ1) is 49.6. The highest BCUT2D eigenvalue weighted by atomic mass is 28.4. The molecule has 2 aromatic carbocycles. The Labute approximate surface area is 403 Å². The van der Waals surface area contributed by atoms with E-state index in [4.69, 9.17) is 10.2 Å². The number of imidazole rings is 1. The molecule has 4 aliphatic carbocycles. The van der Waals surface area contributed by atoms with Crippen molar-refractivity contribution >= 4 is 36.4 Å². The van der Waals surface area contributed by atoms with Crippen molar-refractivity contribution in [1.29, 1.82) is 0 Å². The van der Waals surface area contributed by atoms with Gasteiger partial charge in [-0.15, -0.1) is 0 Å². The molecule has 5 aliphatic rings. The van der Waals surface area contributed by atoms with E-state index in [1.54, 1.807) is 17.4 Å². The van der Waals surface area contributed by atoms with Gasteiger partial charge in [-0.2, -0.15) is 0 Å². The number of H-pyrrole nitrogens is 1. The van der Waals surface area contributed by atoms with Gasteiger partial charge in [-0.1, -0.05) is 102 Å². The fourth-order valence-electron chi connectivity index (χ4n) is 15.0. The average molecular weight is 934 g/mol. The number of rotatable bonds is 16. The first-order valence-corrected chi connectivity index (χ1v) is 27.9. The lowest BCUT2D eigenvalue weighted by Gasteiger charge is -2.62. The summed E-state index contributed by atoms with van der Waals surface area (Å²) in [6.45, 7) is 16.3. The SMILES string of the molecule is C[C@H](CCC(=O)N[C@H]1C[C@@H](C(=O)NCCN(C)C)N(C(=O)C(N)Cc2c[nH]cn2)C1)[C@H]1CCC2C3CCC4C[C@H](O[Si](c5ccccc5)(c5ccccc5)C(C)(C)C)CC[C@]4(C)C3CC[C@@]21C. The number of aromatic nitrogens is 2. The van der Waals surface area contributed by atoms with E-state index in [2.05, 4.69) is 123 Å². The van der Waals surface area contributed by atoms with Crippen LogP contribution in [0.15, 0.2) is 73.2 Å². The molecular weight excluding hydrogens is 851 g/mol. The molecule has 1 saturated heterocycles. The Hall–Kier alpha value is -3.84. The summed E-state index contributed by atoms with van der Waals surface area (Å²) in [7, 11) is 1.29. The lowest BCUT2D eigenvalue weighted by Crippen LogP contribution is -2.68. The summed E-state index contributed by atoms with van der Waals surface area (Å²) < 4.78 is 7.79. The number of carbonyl (C=O) groups excluding carboxylic acids is 3. The van der Waals surface area contributed by atoms with Crippen LogP contribution in [0.25, 0.3) is 0 Å². The van der Waals surface area contributed by atoms with E-state index >= 15 is 0 Å². The number of benzene rings is 2. The van der Waals surface area contributed by atoms with Crippen LogP contribution in [0.1, 0.15) is 124 Å². The maximum atomic E-state index is 13.7. The van der Waals surface area contributed by atoms with Crippen LogP contribution in [-0.2, 0) is 25.2 Å². The molecule has 3 amide bonds. The lowest BCUT2D eigenvalue weighted by molar-refractivity contribution is -0.139. The summed E-state index contributed by atoms with van der Waals surface area (Å²) in [4.78, 5) is 51.6. The largest absolute Gasteiger partial charge is 0.404 e. The number of fused-ring (bicyclic) bond motifs is 5. The van der Waals surface area contributed by atoms with Gasteiger partial charge in [0, 0.05) is 50.8 Å². The van der Waals surface area contributed by atoms with Gasteiger partial charge in [0.05, 0.1) is 18.1 Å². The first-order valence-electron chi connectivity index (χ1n) is 26.0. The summed E-state index contributed by atoms with van der Waals surface area (Å²) in [5.41, 5.74) is 7.75. The van der Waals surface area contributed by atoms with Gasteiger partial charge in [0.15, 0.2) is 0 Å². The second-order valence-electron chi connectivity index (χ2n) is 23.6. The van der Waals surface area contributed by atoms with Gasteiger partial charge in [0.1, 0.15) is 6.04 Å². The highest BCUT2D eigenvalue weighted by Gasteiger charge is 2.61.